The number of fused-ring (bicyclic) bond motifs is 6. The fraction of sp³-hybridized carbons (Fsp3) is 0.171. The van der Waals surface area contributed by atoms with Crippen molar-refractivity contribution >= 4 is 33.9 Å². The minimum absolute atomic E-state index is 0.0213. The van der Waals surface area contributed by atoms with Crippen LogP contribution in [0.3, 0.4) is 0 Å². The molecule has 0 aromatic heterocycles. The Kier molecular flexibility index (Phi) is 5.66. The average molecular weight is 531 g/mol. The summed E-state index contributed by atoms with van der Waals surface area (Å²) in [5, 5.41) is 48.1. The monoisotopic (exact) mass is 530 g/mol. The number of carbonyl (C=O) groups excluding carboxylic acids is 1. The van der Waals surface area contributed by atoms with Crippen LogP contribution in [0.15, 0.2) is 43.0 Å². The van der Waals surface area contributed by atoms with Gasteiger partial charge in [-0.25, -0.2) is 0 Å². The third-order valence-corrected chi connectivity index (χ3v) is 8.80. The van der Waals surface area contributed by atoms with Crippen LogP contribution in [0.5, 0.6) is 23.0 Å². The molecule has 40 heavy (non-hydrogen) atoms. The van der Waals surface area contributed by atoms with Gasteiger partial charge in [0, 0.05) is 27.6 Å². The number of aldehydes is 1. The van der Waals surface area contributed by atoms with Gasteiger partial charge in [-0.1, -0.05) is 30.9 Å². The molecule has 0 saturated carbocycles. The smallest absolute Gasteiger partial charge is 0.150 e. The molecule has 0 spiro atoms. The molecular weight excluding hydrogens is 500 g/mol. The largest absolute Gasteiger partial charge is 0.508 e. The number of carbonyl (C=O) groups is 1. The minimum Gasteiger partial charge on any atom is -0.508 e. The van der Waals surface area contributed by atoms with E-state index in [9.17, 15) is 25.2 Å². The molecule has 6 rings (SSSR count). The Morgan fingerprint density at radius 1 is 0.675 bits per heavy atom. The number of rotatable bonds is 3. The molecule has 5 nitrogen and oxygen atoms in total. The molecular formula is C35H30O5. The first-order chi connectivity index (χ1) is 19.1. The van der Waals surface area contributed by atoms with Gasteiger partial charge in [0.15, 0.2) is 6.29 Å². The van der Waals surface area contributed by atoms with Crippen molar-refractivity contribution in [2.45, 2.75) is 40.5 Å². The predicted octanol–water partition coefficient (Wildman–Crippen LogP) is 7.94. The maximum Gasteiger partial charge on any atom is 0.150 e. The standard InChI is InChI=1S/C35H30O5/c1-6-20-18(4)35(40)33(32-23(20)9-7-21-17(3)29(37)12-11-24(21)32)27-14-26-22(19(5)34(27)39)8-10-25-28(15-36)16(2)13-30(38)31(25)26/h6-7,9,11-15,37-40H,1,8,10H2,2-5H3. The van der Waals surface area contributed by atoms with E-state index >= 15 is 0 Å². The van der Waals surface area contributed by atoms with E-state index < -0.39 is 0 Å². The Morgan fingerprint density at radius 2 is 1.35 bits per heavy atom. The number of aromatic hydroxyl groups is 4. The Hall–Kier alpha value is -4.77. The molecule has 4 N–H and O–H groups in total. The van der Waals surface area contributed by atoms with Gasteiger partial charge in [-0.2, -0.15) is 0 Å². The number of hydrogen-bond donors (Lipinski definition) is 4. The average Bonchev–Trinajstić information content (AvgIpc) is 2.93. The van der Waals surface area contributed by atoms with Crippen LogP contribution in [0.25, 0.3) is 49.9 Å². The van der Waals surface area contributed by atoms with Crippen molar-refractivity contribution in [2.75, 3.05) is 0 Å². The summed E-state index contributed by atoms with van der Waals surface area (Å²) < 4.78 is 0. The molecule has 0 radical (unpaired) electrons. The highest BCUT2D eigenvalue weighted by Crippen LogP contribution is 2.52. The third-order valence-electron chi connectivity index (χ3n) is 8.80. The highest BCUT2D eigenvalue weighted by Gasteiger charge is 2.29. The second-order valence-corrected chi connectivity index (χ2v) is 10.8. The normalized spacial score (nSPS) is 12.4. The van der Waals surface area contributed by atoms with E-state index in [0.29, 0.717) is 51.8 Å². The van der Waals surface area contributed by atoms with E-state index in [-0.39, 0.29) is 23.0 Å². The van der Waals surface area contributed by atoms with Crippen molar-refractivity contribution < 1.29 is 25.2 Å². The second-order valence-electron chi connectivity index (χ2n) is 10.8. The van der Waals surface area contributed by atoms with Crippen molar-refractivity contribution in [1.82, 2.24) is 0 Å². The van der Waals surface area contributed by atoms with Crippen molar-refractivity contribution in [2.24, 2.45) is 0 Å². The summed E-state index contributed by atoms with van der Waals surface area (Å²) in [7, 11) is 0. The van der Waals surface area contributed by atoms with Gasteiger partial charge in [-0.05, 0) is 119 Å². The van der Waals surface area contributed by atoms with Gasteiger partial charge in [0.25, 0.3) is 0 Å². The fourth-order valence-corrected chi connectivity index (χ4v) is 6.64. The summed E-state index contributed by atoms with van der Waals surface area (Å²) in [6, 6.07) is 10.8. The van der Waals surface area contributed by atoms with Crippen LogP contribution in [0.1, 0.15) is 49.3 Å². The molecule has 5 aromatic rings. The summed E-state index contributed by atoms with van der Waals surface area (Å²) >= 11 is 0. The van der Waals surface area contributed by atoms with Crippen LogP contribution >= 0.6 is 0 Å². The van der Waals surface area contributed by atoms with E-state index in [2.05, 4.69) is 6.58 Å². The number of phenolic OH excluding ortho intramolecular Hbond substituents is 4. The summed E-state index contributed by atoms with van der Waals surface area (Å²) in [6.07, 6.45) is 3.73. The SMILES string of the molecule is C=Cc1c(C)c(O)c(-c2cc3c(c(C)c2O)CCc2c(C=O)c(C)cc(O)c2-3)c2c1ccc1c(C)c(O)ccc12. The zero-order valence-electron chi connectivity index (χ0n) is 22.9. The highest BCUT2D eigenvalue weighted by atomic mass is 16.3. The van der Waals surface area contributed by atoms with Gasteiger partial charge >= 0.3 is 0 Å². The Bertz CT molecular complexity index is 1960. The summed E-state index contributed by atoms with van der Waals surface area (Å²) in [5.74, 6) is 0.334. The molecule has 5 aromatic carbocycles. The predicted molar refractivity (Wildman–Crippen MR) is 161 cm³/mol. The minimum atomic E-state index is 0.0213. The maximum absolute atomic E-state index is 12.0. The van der Waals surface area contributed by atoms with Gasteiger partial charge in [0.05, 0.1) is 0 Å². The Labute approximate surface area is 232 Å². The van der Waals surface area contributed by atoms with Crippen LogP contribution in [-0.4, -0.2) is 26.7 Å². The van der Waals surface area contributed by atoms with E-state index in [1.54, 1.807) is 18.2 Å². The van der Waals surface area contributed by atoms with Crippen molar-refractivity contribution in [3.8, 4) is 45.3 Å². The Morgan fingerprint density at radius 3 is 2.05 bits per heavy atom. The lowest BCUT2D eigenvalue weighted by atomic mass is 9.77. The van der Waals surface area contributed by atoms with Crippen LogP contribution in [0.2, 0.25) is 0 Å². The lowest BCUT2D eigenvalue weighted by Crippen LogP contribution is -2.10. The van der Waals surface area contributed by atoms with Gasteiger partial charge in [-0.15, -0.1) is 0 Å². The zero-order valence-corrected chi connectivity index (χ0v) is 22.9. The van der Waals surface area contributed by atoms with Crippen LogP contribution < -0.4 is 0 Å². The molecule has 200 valence electrons. The topological polar surface area (TPSA) is 98.0 Å². The number of hydrogen-bond acceptors (Lipinski definition) is 5. The molecule has 0 saturated heterocycles. The molecule has 0 heterocycles. The highest BCUT2D eigenvalue weighted by molar-refractivity contribution is 6.19. The van der Waals surface area contributed by atoms with Crippen LogP contribution in [0.4, 0.5) is 0 Å². The Balaban J connectivity index is 1.81. The van der Waals surface area contributed by atoms with Crippen molar-refractivity contribution in [3.05, 3.63) is 87.5 Å². The lowest BCUT2D eigenvalue weighted by molar-refractivity contribution is 0.112. The van der Waals surface area contributed by atoms with E-state index in [0.717, 1.165) is 55.6 Å². The zero-order chi connectivity index (χ0) is 28.6. The number of aryl methyl sites for hydroxylation is 2. The maximum atomic E-state index is 12.0. The van der Waals surface area contributed by atoms with Crippen molar-refractivity contribution in [3.63, 3.8) is 0 Å². The van der Waals surface area contributed by atoms with Gasteiger partial charge in [0.1, 0.15) is 23.0 Å². The quantitative estimate of drug-likeness (QED) is 0.140. The second kappa shape index (κ2) is 8.88. The molecule has 0 atom stereocenters. The van der Waals surface area contributed by atoms with E-state index in [1.807, 2.05) is 52.0 Å². The molecule has 0 aliphatic heterocycles. The van der Waals surface area contributed by atoms with Crippen LogP contribution in [0, 0.1) is 27.7 Å². The van der Waals surface area contributed by atoms with E-state index in [1.165, 1.54) is 0 Å². The molecule has 0 bridgehead atoms. The van der Waals surface area contributed by atoms with E-state index in [4.69, 9.17) is 0 Å². The number of benzene rings is 5. The van der Waals surface area contributed by atoms with Gasteiger partial charge in [0.2, 0.25) is 0 Å². The first kappa shape index (κ1) is 25.5. The molecule has 1 aliphatic rings. The number of phenols is 4. The van der Waals surface area contributed by atoms with Gasteiger partial charge < -0.3 is 20.4 Å². The molecule has 0 fully saturated rings. The summed E-state index contributed by atoms with van der Waals surface area (Å²) in [4.78, 5) is 12.0. The summed E-state index contributed by atoms with van der Waals surface area (Å²) in [5.41, 5.74) is 8.00. The molecule has 5 heteroatoms. The summed E-state index contributed by atoms with van der Waals surface area (Å²) in [6.45, 7) is 11.3. The molecule has 0 amide bonds. The fourth-order valence-electron chi connectivity index (χ4n) is 6.64. The van der Waals surface area contributed by atoms with Crippen LogP contribution in [-0.2, 0) is 12.8 Å². The molecule has 1 aliphatic carbocycles. The lowest BCUT2D eigenvalue weighted by Gasteiger charge is -2.27. The van der Waals surface area contributed by atoms with Gasteiger partial charge in [-0.3, -0.25) is 4.79 Å². The first-order valence-corrected chi connectivity index (χ1v) is 13.3. The van der Waals surface area contributed by atoms with Crippen molar-refractivity contribution in [1.29, 1.82) is 0 Å². The third kappa shape index (κ3) is 3.30. The molecule has 0 unspecified atom stereocenters. The first-order valence-electron chi connectivity index (χ1n) is 13.3.